The first kappa shape index (κ1) is 11.2. The van der Waals surface area contributed by atoms with Crippen molar-refractivity contribution in [2.45, 2.75) is 25.8 Å². The van der Waals surface area contributed by atoms with Gasteiger partial charge in [-0.25, -0.2) is 0 Å². The van der Waals surface area contributed by atoms with Gasteiger partial charge >= 0.3 is 0 Å². The summed E-state index contributed by atoms with van der Waals surface area (Å²) in [6.45, 7) is 8.29. The van der Waals surface area contributed by atoms with E-state index in [2.05, 4.69) is 27.8 Å². The molecule has 2 fully saturated rings. The lowest BCUT2D eigenvalue weighted by molar-refractivity contribution is 0.0359. The average molecular weight is 235 g/mol. The van der Waals surface area contributed by atoms with E-state index in [-0.39, 0.29) is 0 Å². The van der Waals surface area contributed by atoms with E-state index in [9.17, 15) is 0 Å². The van der Waals surface area contributed by atoms with Crippen molar-refractivity contribution in [2.75, 3.05) is 32.8 Å². The van der Waals surface area contributed by atoms with Crippen LogP contribution in [0.5, 0.6) is 0 Å². The molecule has 94 valence electrons. The Morgan fingerprint density at radius 3 is 2.82 bits per heavy atom. The van der Waals surface area contributed by atoms with Gasteiger partial charge in [-0.15, -0.1) is 0 Å². The van der Waals surface area contributed by atoms with Crippen molar-refractivity contribution >= 4 is 0 Å². The zero-order valence-corrected chi connectivity index (χ0v) is 10.5. The number of aromatic nitrogens is 2. The van der Waals surface area contributed by atoms with Crippen LogP contribution in [0.1, 0.15) is 24.8 Å². The second-order valence-electron chi connectivity index (χ2n) is 5.31. The van der Waals surface area contributed by atoms with Gasteiger partial charge in [-0.1, -0.05) is 6.92 Å². The van der Waals surface area contributed by atoms with E-state index >= 15 is 0 Å². The number of hydrogen-bond acceptors (Lipinski definition) is 3. The first-order valence-corrected chi connectivity index (χ1v) is 6.65. The molecular formula is C13H21N3O. The second-order valence-corrected chi connectivity index (χ2v) is 5.31. The molecule has 1 saturated carbocycles. The number of ether oxygens (including phenoxy) is 1. The van der Waals surface area contributed by atoms with Crippen LogP contribution in [0.4, 0.5) is 0 Å². The highest BCUT2D eigenvalue weighted by Gasteiger charge is 2.34. The Kier molecular flexibility index (Phi) is 3.16. The SMILES string of the molecule is CC1CC1c1cnn(CCN2CCOCC2)c1. The minimum Gasteiger partial charge on any atom is -0.379 e. The third-order valence-electron chi connectivity index (χ3n) is 3.94. The predicted molar refractivity (Wildman–Crippen MR) is 66.0 cm³/mol. The van der Waals surface area contributed by atoms with Crippen molar-refractivity contribution in [3.8, 4) is 0 Å². The van der Waals surface area contributed by atoms with Crippen LogP contribution in [-0.2, 0) is 11.3 Å². The van der Waals surface area contributed by atoms with Gasteiger partial charge < -0.3 is 4.74 Å². The molecule has 2 unspecified atom stereocenters. The van der Waals surface area contributed by atoms with E-state index in [1.165, 1.54) is 12.0 Å². The third-order valence-corrected chi connectivity index (χ3v) is 3.94. The molecule has 1 aromatic heterocycles. The highest BCUT2D eigenvalue weighted by atomic mass is 16.5. The summed E-state index contributed by atoms with van der Waals surface area (Å²) in [7, 11) is 0. The van der Waals surface area contributed by atoms with E-state index in [1.807, 2.05) is 6.20 Å². The van der Waals surface area contributed by atoms with Gasteiger partial charge in [-0.3, -0.25) is 9.58 Å². The molecule has 0 aromatic carbocycles. The Labute approximate surface area is 103 Å². The van der Waals surface area contributed by atoms with Gasteiger partial charge in [-0.2, -0.15) is 5.10 Å². The molecule has 17 heavy (non-hydrogen) atoms. The maximum absolute atomic E-state index is 5.34. The van der Waals surface area contributed by atoms with Crippen LogP contribution in [0.3, 0.4) is 0 Å². The Hall–Kier alpha value is -0.870. The van der Waals surface area contributed by atoms with Crippen LogP contribution in [0.2, 0.25) is 0 Å². The van der Waals surface area contributed by atoms with Crippen LogP contribution >= 0.6 is 0 Å². The summed E-state index contributed by atoms with van der Waals surface area (Å²) in [6.07, 6.45) is 5.62. The molecule has 1 aliphatic heterocycles. The average Bonchev–Trinajstić information content (AvgIpc) is 2.92. The fourth-order valence-electron chi connectivity index (χ4n) is 2.55. The van der Waals surface area contributed by atoms with E-state index < -0.39 is 0 Å². The summed E-state index contributed by atoms with van der Waals surface area (Å²) in [5.41, 5.74) is 1.43. The van der Waals surface area contributed by atoms with Gasteiger partial charge in [-0.05, 0) is 23.8 Å². The second kappa shape index (κ2) is 4.78. The number of nitrogens with zero attached hydrogens (tertiary/aromatic N) is 3. The van der Waals surface area contributed by atoms with Crippen molar-refractivity contribution in [1.82, 2.24) is 14.7 Å². The minimum atomic E-state index is 0.784. The highest BCUT2D eigenvalue weighted by molar-refractivity contribution is 5.19. The molecule has 1 saturated heterocycles. The molecule has 2 aliphatic rings. The van der Waals surface area contributed by atoms with Crippen molar-refractivity contribution in [3.05, 3.63) is 18.0 Å². The maximum atomic E-state index is 5.34. The number of hydrogen-bond donors (Lipinski definition) is 0. The van der Waals surface area contributed by atoms with Crippen LogP contribution in [0.25, 0.3) is 0 Å². The summed E-state index contributed by atoms with van der Waals surface area (Å²) in [5, 5.41) is 4.46. The molecule has 0 N–H and O–H groups in total. The van der Waals surface area contributed by atoms with Crippen LogP contribution in [0, 0.1) is 5.92 Å². The molecule has 0 bridgehead atoms. The Bertz CT molecular complexity index is 370. The Morgan fingerprint density at radius 2 is 2.12 bits per heavy atom. The Balaban J connectivity index is 1.49. The highest BCUT2D eigenvalue weighted by Crippen LogP contribution is 2.46. The fourth-order valence-corrected chi connectivity index (χ4v) is 2.55. The van der Waals surface area contributed by atoms with Gasteiger partial charge in [0.25, 0.3) is 0 Å². The molecule has 1 aromatic rings. The van der Waals surface area contributed by atoms with Crippen molar-refractivity contribution < 1.29 is 4.74 Å². The molecule has 2 atom stereocenters. The molecular weight excluding hydrogens is 214 g/mol. The van der Waals surface area contributed by atoms with Gasteiger partial charge in [0, 0.05) is 25.8 Å². The van der Waals surface area contributed by atoms with E-state index in [0.717, 1.165) is 51.2 Å². The van der Waals surface area contributed by atoms with E-state index in [1.54, 1.807) is 0 Å². The van der Waals surface area contributed by atoms with Gasteiger partial charge in [0.05, 0.1) is 26.0 Å². The quantitative estimate of drug-likeness (QED) is 0.789. The molecule has 2 heterocycles. The summed E-state index contributed by atoms with van der Waals surface area (Å²) in [5.74, 6) is 1.65. The molecule has 0 spiro atoms. The molecule has 4 nitrogen and oxygen atoms in total. The van der Waals surface area contributed by atoms with Gasteiger partial charge in [0.2, 0.25) is 0 Å². The zero-order valence-electron chi connectivity index (χ0n) is 10.5. The van der Waals surface area contributed by atoms with Crippen LogP contribution in [-0.4, -0.2) is 47.5 Å². The van der Waals surface area contributed by atoms with Gasteiger partial charge in [0.15, 0.2) is 0 Å². The summed E-state index contributed by atoms with van der Waals surface area (Å²) < 4.78 is 7.44. The maximum Gasteiger partial charge on any atom is 0.0594 e. The largest absolute Gasteiger partial charge is 0.379 e. The van der Waals surface area contributed by atoms with Crippen molar-refractivity contribution in [2.24, 2.45) is 5.92 Å². The molecule has 3 rings (SSSR count). The zero-order chi connectivity index (χ0) is 11.7. The van der Waals surface area contributed by atoms with Crippen molar-refractivity contribution in [1.29, 1.82) is 0 Å². The summed E-state index contributed by atoms with van der Waals surface area (Å²) in [6, 6.07) is 0. The molecule has 4 heteroatoms. The summed E-state index contributed by atoms with van der Waals surface area (Å²) in [4.78, 5) is 2.45. The van der Waals surface area contributed by atoms with Crippen LogP contribution in [0.15, 0.2) is 12.4 Å². The fraction of sp³-hybridized carbons (Fsp3) is 0.769. The normalized spacial score (nSPS) is 29.5. The standard InChI is InChI=1S/C13H21N3O/c1-11-8-13(11)12-9-14-16(10-12)3-2-15-4-6-17-7-5-15/h9-11,13H,2-8H2,1H3. The van der Waals surface area contributed by atoms with E-state index in [0.29, 0.717) is 0 Å². The van der Waals surface area contributed by atoms with E-state index in [4.69, 9.17) is 4.74 Å². The lowest BCUT2D eigenvalue weighted by Gasteiger charge is -2.26. The van der Waals surface area contributed by atoms with Gasteiger partial charge in [0.1, 0.15) is 0 Å². The predicted octanol–water partition coefficient (Wildman–Crippen LogP) is 1.34. The summed E-state index contributed by atoms with van der Waals surface area (Å²) >= 11 is 0. The molecule has 0 radical (unpaired) electrons. The van der Waals surface area contributed by atoms with Crippen LogP contribution < -0.4 is 0 Å². The Morgan fingerprint density at radius 1 is 1.35 bits per heavy atom. The first-order chi connectivity index (χ1) is 8.33. The topological polar surface area (TPSA) is 30.3 Å². The minimum absolute atomic E-state index is 0.784. The molecule has 0 amide bonds. The lowest BCUT2D eigenvalue weighted by Crippen LogP contribution is -2.38. The smallest absolute Gasteiger partial charge is 0.0594 e. The molecule has 1 aliphatic carbocycles. The first-order valence-electron chi connectivity index (χ1n) is 6.65. The third kappa shape index (κ3) is 2.69. The number of rotatable bonds is 4. The number of morpholine rings is 1. The lowest BCUT2D eigenvalue weighted by atomic mass is 10.2. The monoisotopic (exact) mass is 235 g/mol. The van der Waals surface area contributed by atoms with Crippen molar-refractivity contribution in [3.63, 3.8) is 0 Å².